The molecule has 0 radical (unpaired) electrons. The van der Waals surface area contributed by atoms with Crippen LogP contribution in [0.1, 0.15) is 18.4 Å². The van der Waals surface area contributed by atoms with Gasteiger partial charge in [-0.05, 0) is 55.7 Å². The van der Waals surface area contributed by atoms with E-state index < -0.39 is 23.8 Å². The minimum atomic E-state index is -0.869. The standard InChI is InChI=1S/C25H24ClN5O4/c1-14-6-8-18(11-19(14)26)30-22(32)13-27-16-4-3-5-17(10-16)29-20-12-23(33)31(25(20)35)21-9-7-15(2)28-24(21)34/h3-6,8,10-12,21,27,29H,2,7,9,13H2,1H3,(H,28,34)(H,30,32). The Kier molecular flexibility index (Phi) is 6.88. The van der Waals surface area contributed by atoms with Crippen LogP contribution in [0.25, 0.3) is 0 Å². The van der Waals surface area contributed by atoms with Crippen LogP contribution in [-0.4, -0.2) is 41.1 Å². The van der Waals surface area contributed by atoms with E-state index in [1.54, 1.807) is 36.4 Å². The number of benzene rings is 2. The Morgan fingerprint density at radius 2 is 1.91 bits per heavy atom. The first kappa shape index (κ1) is 24.0. The molecule has 1 fully saturated rings. The molecule has 35 heavy (non-hydrogen) atoms. The van der Waals surface area contributed by atoms with E-state index in [4.69, 9.17) is 11.6 Å². The molecule has 2 aliphatic rings. The number of allylic oxidation sites excluding steroid dienone is 1. The van der Waals surface area contributed by atoms with Gasteiger partial charge in [0.25, 0.3) is 11.8 Å². The summed E-state index contributed by atoms with van der Waals surface area (Å²) < 4.78 is 0. The van der Waals surface area contributed by atoms with Crippen molar-refractivity contribution >= 4 is 52.3 Å². The number of anilines is 3. The van der Waals surface area contributed by atoms with Gasteiger partial charge in [0.15, 0.2) is 0 Å². The number of hydrogen-bond acceptors (Lipinski definition) is 6. The molecular weight excluding hydrogens is 470 g/mol. The number of nitrogens with zero attached hydrogens (tertiary/aromatic N) is 1. The summed E-state index contributed by atoms with van der Waals surface area (Å²) in [5.74, 6) is -1.80. The van der Waals surface area contributed by atoms with Gasteiger partial charge in [-0.2, -0.15) is 0 Å². The predicted molar refractivity (Wildman–Crippen MR) is 134 cm³/mol. The topological polar surface area (TPSA) is 120 Å². The molecule has 9 nitrogen and oxygen atoms in total. The molecule has 4 N–H and O–H groups in total. The molecule has 2 heterocycles. The summed E-state index contributed by atoms with van der Waals surface area (Å²) in [7, 11) is 0. The lowest BCUT2D eigenvalue weighted by Crippen LogP contribution is -2.52. The maximum atomic E-state index is 12.9. The molecule has 0 spiro atoms. The molecule has 1 unspecified atom stereocenters. The average molecular weight is 494 g/mol. The maximum absolute atomic E-state index is 12.9. The van der Waals surface area contributed by atoms with Crippen LogP contribution in [0.15, 0.2) is 66.5 Å². The van der Waals surface area contributed by atoms with Gasteiger partial charge in [-0.3, -0.25) is 24.1 Å². The number of carbonyl (C=O) groups is 4. The third-order valence-electron chi connectivity index (χ3n) is 5.64. The highest BCUT2D eigenvalue weighted by Crippen LogP contribution is 2.25. The molecule has 0 saturated carbocycles. The van der Waals surface area contributed by atoms with E-state index in [9.17, 15) is 19.2 Å². The lowest BCUT2D eigenvalue weighted by atomic mass is 10.0. The largest absolute Gasteiger partial charge is 0.376 e. The van der Waals surface area contributed by atoms with Gasteiger partial charge in [-0.25, -0.2) is 0 Å². The fraction of sp³-hybridized carbons (Fsp3) is 0.200. The van der Waals surface area contributed by atoms with Crippen molar-refractivity contribution in [1.29, 1.82) is 0 Å². The van der Waals surface area contributed by atoms with E-state index in [0.717, 1.165) is 10.5 Å². The highest BCUT2D eigenvalue weighted by molar-refractivity contribution is 6.31. The molecule has 1 atom stereocenters. The molecule has 1 saturated heterocycles. The maximum Gasteiger partial charge on any atom is 0.278 e. The minimum absolute atomic E-state index is 0.00488. The summed E-state index contributed by atoms with van der Waals surface area (Å²) in [6.45, 7) is 5.60. The Hall–Kier alpha value is -4.11. The van der Waals surface area contributed by atoms with Crippen molar-refractivity contribution in [2.24, 2.45) is 0 Å². The second-order valence-corrected chi connectivity index (χ2v) is 8.70. The zero-order valence-electron chi connectivity index (χ0n) is 19.0. The van der Waals surface area contributed by atoms with Gasteiger partial charge in [0.2, 0.25) is 11.8 Å². The second kappa shape index (κ2) is 10.0. The van der Waals surface area contributed by atoms with Gasteiger partial charge in [-0.1, -0.05) is 30.3 Å². The summed E-state index contributed by atoms with van der Waals surface area (Å²) >= 11 is 6.09. The summed E-state index contributed by atoms with van der Waals surface area (Å²) in [5.41, 5.74) is 3.32. The first-order chi connectivity index (χ1) is 16.7. The third kappa shape index (κ3) is 5.52. The lowest BCUT2D eigenvalue weighted by molar-refractivity contribution is -0.146. The van der Waals surface area contributed by atoms with E-state index in [-0.39, 0.29) is 18.1 Å². The first-order valence-electron chi connectivity index (χ1n) is 11.0. The Morgan fingerprint density at radius 3 is 2.66 bits per heavy atom. The van der Waals surface area contributed by atoms with Gasteiger partial charge >= 0.3 is 0 Å². The van der Waals surface area contributed by atoms with Crippen molar-refractivity contribution in [3.63, 3.8) is 0 Å². The second-order valence-electron chi connectivity index (χ2n) is 8.29. The van der Waals surface area contributed by atoms with E-state index in [1.807, 2.05) is 13.0 Å². The van der Waals surface area contributed by atoms with Crippen LogP contribution < -0.4 is 21.3 Å². The number of nitrogens with one attached hydrogen (secondary N) is 4. The third-order valence-corrected chi connectivity index (χ3v) is 6.05. The van der Waals surface area contributed by atoms with Gasteiger partial charge in [0.1, 0.15) is 11.7 Å². The first-order valence-corrected chi connectivity index (χ1v) is 11.3. The van der Waals surface area contributed by atoms with E-state index in [2.05, 4.69) is 27.8 Å². The zero-order valence-corrected chi connectivity index (χ0v) is 19.7. The number of rotatable bonds is 7. The van der Waals surface area contributed by atoms with Crippen molar-refractivity contribution in [1.82, 2.24) is 10.2 Å². The molecule has 4 amide bonds. The summed E-state index contributed by atoms with van der Waals surface area (Å²) in [6, 6.07) is 11.3. The molecule has 2 aromatic rings. The number of hydrogen-bond donors (Lipinski definition) is 4. The lowest BCUT2D eigenvalue weighted by Gasteiger charge is -2.29. The van der Waals surface area contributed by atoms with Crippen LogP contribution in [0.2, 0.25) is 5.02 Å². The van der Waals surface area contributed by atoms with Gasteiger partial charge in [0, 0.05) is 33.9 Å². The van der Waals surface area contributed by atoms with Crippen molar-refractivity contribution in [3.8, 4) is 0 Å². The number of imide groups is 1. The Balaban J connectivity index is 1.35. The number of amides is 4. The van der Waals surface area contributed by atoms with Gasteiger partial charge in [-0.15, -0.1) is 0 Å². The smallest absolute Gasteiger partial charge is 0.278 e. The molecule has 0 bridgehead atoms. The summed E-state index contributed by atoms with van der Waals surface area (Å²) in [4.78, 5) is 50.8. The number of aryl methyl sites for hydroxylation is 1. The number of halogens is 1. The summed E-state index contributed by atoms with van der Waals surface area (Å²) in [6.07, 6.45) is 2.01. The van der Waals surface area contributed by atoms with Crippen LogP contribution >= 0.6 is 11.6 Å². The highest BCUT2D eigenvalue weighted by Gasteiger charge is 2.41. The van der Waals surface area contributed by atoms with E-state index in [0.29, 0.717) is 40.6 Å². The molecule has 0 aromatic heterocycles. The van der Waals surface area contributed by atoms with Crippen LogP contribution in [0.4, 0.5) is 17.1 Å². The minimum Gasteiger partial charge on any atom is -0.376 e. The molecule has 4 rings (SSSR count). The molecular formula is C25H24ClN5O4. The monoisotopic (exact) mass is 493 g/mol. The van der Waals surface area contributed by atoms with Crippen LogP contribution in [-0.2, 0) is 19.2 Å². The van der Waals surface area contributed by atoms with Crippen molar-refractivity contribution in [3.05, 3.63) is 77.1 Å². The van der Waals surface area contributed by atoms with Crippen molar-refractivity contribution in [2.75, 3.05) is 22.5 Å². The zero-order chi connectivity index (χ0) is 25.1. The number of carbonyl (C=O) groups excluding carboxylic acids is 4. The Labute approximate surface area is 207 Å². The van der Waals surface area contributed by atoms with Crippen LogP contribution in [0.3, 0.4) is 0 Å². The quantitative estimate of drug-likeness (QED) is 0.440. The van der Waals surface area contributed by atoms with Gasteiger partial charge in [0.05, 0.1) is 6.54 Å². The van der Waals surface area contributed by atoms with Crippen LogP contribution in [0, 0.1) is 6.92 Å². The summed E-state index contributed by atoms with van der Waals surface area (Å²) in [5, 5.41) is 11.9. The van der Waals surface area contributed by atoms with Crippen LogP contribution in [0.5, 0.6) is 0 Å². The SMILES string of the molecule is C=C1CCC(N2C(=O)C=C(Nc3cccc(NCC(=O)Nc4ccc(C)c(Cl)c4)c3)C2=O)C(=O)N1. The fourth-order valence-electron chi connectivity index (χ4n) is 3.80. The van der Waals surface area contributed by atoms with Crippen molar-refractivity contribution < 1.29 is 19.2 Å². The Bertz CT molecular complexity index is 1270. The highest BCUT2D eigenvalue weighted by atomic mass is 35.5. The number of piperidine rings is 1. The van der Waals surface area contributed by atoms with E-state index in [1.165, 1.54) is 6.08 Å². The average Bonchev–Trinajstić information content (AvgIpc) is 3.08. The van der Waals surface area contributed by atoms with Crippen molar-refractivity contribution in [2.45, 2.75) is 25.8 Å². The normalized spacial score (nSPS) is 17.7. The van der Waals surface area contributed by atoms with Gasteiger partial charge < -0.3 is 21.3 Å². The predicted octanol–water partition coefficient (Wildman–Crippen LogP) is 3.16. The molecule has 10 heteroatoms. The molecule has 0 aliphatic carbocycles. The van der Waals surface area contributed by atoms with E-state index >= 15 is 0 Å². The fourth-order valence-corrected chi connectivity index (χ4v) is 3.98. The molecule has 180 valence electrons. The molecule has 2 aliphatic heterocycles. The Morgan fingerprint density at radius 1 is 1.14 bits per heavy atom. The molecule has 2 aromatic carbocycles.